The van der Waals surface area contributed by atoms with E-state index in [2.05, 4.69) is 5.32 Å². The van der Waals surface area contributed by atoms with Gasteiger partial charge in [-0.15, -0.1) is 0 Å². The minimum absolute atomic E-state index is 0. The fourth-order valence-corrected chi connectivity index (χ4v) is 2.00. The molecule has 1 aromatic heterocycles. The van der Waals surface area contributed by atoms with E-state index >= 15 is 0 Å². The predicted octanol–water partition coefficient (Wildman–Crippen LogP) is -0.825. The van der Waals surface area contributed by atoms with Crippen LogP contribution in [0.2, 0.25) is 0 Å². The third-order valence-electron chi connectivity index (χ3n) is 3.30. The van der Waals surface area contributed by atoms with Gasteiger partial charge in [0.2, 0.25) is 5.91 Å². The zero-order valence-corrected chi connectivity index (χ0v) is 14.1. The van der Waals surface area contributed by atoms with Crippen LogP contribution < -0.4 is 26.9 Å². The van der Waals surface area contributed by atoms with E-state index < -0.39 is 0 Å². The molecule has 118 valence electrons. The first kappa shape index (κ1) is 18.3. The van der Waals surface area contributed by atoms with E-state index in [1.807, 2.05) is 36.0 Å². The molecule has 0 spiro atoms. The number of carbonyl (C=O) groups excluding carboxylic acids is 1. The van der Waals surface area contributed by atoms with Gasteiger partial charge in [0.05, 0.1) is 6.42 Å². The Bertz CT molecular complexity index is 585. The van der Waals surface area contributed by atoms with E-state index in [1.54, 1.807) is 12.1 Å². The van der Waals surface area contributed by atoms with Crippen molar-refractivity contribution in [2.75, 3.05) is 6.54 Å². The van der Waals surface area contributed by atoms with Crippen LogP contribution in [0, 0.1) is 12.7 Å². The number of halogens is 2. The number of carbonyl (C=O) groups is 1. The maximum atomic E-state index is 12.8. The van der Waals surface area contributed by atoms with Gasteiger partial charge in [-0.25, -0.2) is 8.96 Å². The molecular weight excluding hydrogens is 347 g/mol. The summed E-state index contributed by atoms with van der Waals surface area (Å²) in [7, 11) is 0. The van der Waals surface area contributed by atoms with Crippen molar-refractivity contribution < 1.29 is 30.7 Å². The highest BCUT2D eigenvalue weighted by Crippen LogP contribution is 2.02. The fourth-order valence-electron chi connectivity index (χ4n) is 2.00. The van der Waals surface area contributed by atoms with Crippen molar-refractivity contribution in [3.63, 3.8) is 0 Å². The summed E-state index contributed by atoms with van der Waals surface area (Å²) in [5.74, 6) is -0.205. The first-order valence-corrected chi connectivity index (χ1v) is 7.10. The number of aromatic nitrogens is 1. The summed E-state index contributed by atoms with van der Waals surface area (Å²) in [5.41, 5.74) is 2.22. The Morgan fingerprint density at radius 3 is 2.41 bits per heavy atom. The molecule has 1 aromatic carbocycles. The van der Waals surface area contributed by atoms with Crippen molar-refractivity contribution in [2.24, 2.45) is 0 Å². The van der Waals surface area contributed by atoms with E-state index in [1.165, 1.54) is 17.7 Å². The Kier molecular flexibility index (Phi) is 7.74. The van der Waals surface area contributed by atoms with Gasteiger partial charge in [0.1, 0.15) is 5.82 Å². The molecule has 2 aromatic rings. The van der Waals surface area contributed by atoms with Crippen LogP contribution in [0.15, 0.2) is 48.8 Å². The van der Waals surface area contributed by atoms with Crippen LogP contribution in [-0.4, -0.2) is 12.5 Å². The van der Waals surface area contributed by atoms with Gasteiger partial charge < -0.3 is 22.3 Å². The quantitative estimate of drug-likeness (QED) is 0.665. The van der Waals surface area contributed by atoms with Crippen LogP contribution in [0.5, 0.6) is 0 Å². The highest BCUT2D eigenvalue weighted by molar-refractivity contribution is 5.75. The summed E-state index contributed by atoms with van der Waals surface area (Å²) in [4.78, 5) is 11.7. The standard InChI is InChI=1S/C17H19FN2O.BrH/c1-14-7-11-20(12-8-14)13-9-17(21)19-10-6-15-2-4-16(18)5-3-15;/h2-5,7-8,11-12H,6,9-10,13H2,1H3;1H. The van der Waals surface area contributed by atoms with Gasteiger partial charge >= 0.3 is 0 Å². The van der Waals surface area contributed by atoms with Gasteiger partial charge in [-0.1, -0.05) is 12.1 Å². The molecule has 1 N–H and O–H groups in total. The second kappa shape index (κ2) is 9.30. The molecular formula is C17H20BrFN2O. The number of benzene rings is 1. The normalized spacial score (nSPS) is 9.91. The van der Waals surface area contributed by atoms with Crippen molar-refractivity contribution >= 4 is 5.91 Å². The highest BCUT2D eigenvalue weighted by atomic mass is 79.9. The number of nitrogens with zero attached hydrogens (tertiary/aromatic N) is 1. The molecule has 0 radical (unpaired) electrons. The number of amides is 1. The molecule has 1 amide bonds. The molecule has 0 aliphatic heterocycles. The minimum atomic E-state index is -0.238. The van der Waals surface area contributed by atoms with Gasteiger partial charge in [0, 0.05) is 18.7 Å². The molecule has 0 bridgehead atoms. The van der Waals surface area contributed by atoms with Gasteiger partial charge in [-0.3, -0.25) is 4.79 Å². The molecule has 5 heteroatoms. The van der Waals surface area contributed by atoms with Crippen LogP contribution in [0.4, 0.5) is 4.39 Å². The zero-order valence-electron chi connectivity index (χ0n) is 12.6. The molecule has 0 saturated carbocycles. The lowest BCUT2D eigenvalue weighted by Gasteiger charge is -2.04. The SMILES string of the molecule is Cc1cc[n+](CCC(=O)NCCc2ccc(F)cc2)cc1.[Br-]. The summed E-state index contributed by atoms with van der Waals surface area (Å²) in [6, 6.07) is 10.4. The van der Waals surface area contributed by atoms with Crippen molar-refractivity contribution in [3.05, 3.63) is 65.7 Å². The lowest BCUT2D eigenvalue weighted by molar-refractivity contribution is -0.695. The Hall–Kier alpha value is -1.75. The lowest BCUT2D eigenvalue weighted by atomic mass is 10.1. The Morgan fingerprint density at radius 2 is 1.77 bits per heavy atom. The average molecular weight is 367 g/mol. The Labute approximate surface area is 140 Å². The summed E-state index contributed by atoms with van der Waals surface area (Å²) < 4.78 is 14.7. The van der Waals surface area contributed by atoms with E-state index in [0.29, 0.717) is 25.9 Å². The van der Waals surface area contributed by atoms with E-state index in [4.69, 9.17) is 0 Å². The Morgan fingerprint density at radius 1 is 1.14 bits per heavy atom. The van der Waals surface area contributed by atoms with E-state index in [9.17, 15) is 9.18 Å². The third kappa shape index (κ3) is 6.35. The molecule has 3 nitrogen and oxygen atoms in total. The molecule has 0 aliphatic carbocycles. The summed E-state index contributed by atoms with van der Waals surface area (Å²) >= 11 is 0. The van der Waals surface area contributed by atoms with E-state index in [-0.39, 0.29) is 28.7 Å². The summed E-state index contributed by atoms with van der Waals surface area (Å²) in [6.07, 6.45) is 5.11. The molecule has 0 unspecified atom stereocenters. The second-order valence-corrected chi connectivity index (χ2v) is 5.09. The second-order valence-electron chi connectivity index (χ2n) is 5.09. The molecule has 2 rings (SSSR count). The summed E-state index contributed by atoms with van der Waals surface area (Å²) in [6.45, 7) is 3.28. The topological polar surface area (TPSA) is 33.0 Å². The number of pyridine rings is 1. The monoisotopic (exact) mass is 366 g/mol. The first-order valence-electron chi connectivity index (χ1n) is 7.10. The van der Waals surface area contributed by atoms with Crippen LogP contribution in [0.1, 0.15) is 17.5 Å². The number of aryl methyl sites for hydroxylation is 2. The maximum absolute atomic E-state index is 12.8. The predicted molar refractivity (Wildman–Crippen MR) is 79.1 cm³/mol. The number of hydrogen-bond donors (Lipinski definition) is 1. The van der Waals surface area contributed by atoms with Crippen molar-refractivity contribution in [1.29, 1.82) is 0 Å². The highest BCUT2D eigenvalue weighted by Gasteiger charge is 2.06. The number of nitrogens with one attached hydrogen (secondary N) is 1. The summed E-state index contributed by atoms with van der Waals surface area (Å²) in [5, 5.41) is 2.88. The smallest absolute Gasteiger partial charge is 0.226 e. The van der Waals surface area contributed by atoms with Crippen molar-refractivity contribution in [3.8, 4) is 0 Å². The Balaban J connectivity index is 0.00000242. The van der Waals surface area contributed by atoms with Gasteiger partial charge in [-0.05, 0) is 36.6 Å². The fraction of sp³-hybridized carbons (Fsp3) is 0.294. The van der Waals surface area contributed by atoms with Gasteiger partial charge in [0.15, 0.2) is 18.9 Å². The molecule has 0 saturated heterocycles. The van der Waals surface area contributed by atoms with Crippen LogP contribution >= 0.6 is 0 Å². The molecule has 22 heavy (non-hydrogen) atoms. The lowest BCUT2D eigenvalue weighted by Crippen LogP contribution is -3.00. The van der Waals surface area contributed by atoms with Gasteiger partial charge in [0.25, 0.3) is 0 Å². The van der Waals surface area contributed by atoms with Crippen LogP contribution in [-0.2, 0) is 17.8 Å². The maximum Gasteiger partial charge on any atom is 0.226 e. The zero-order chi connectivity index (χ0) is 15.1. The van der Waals surface area contributed by atoms with Crippen LogP contribution in [0.25, 0.3) is 0 Å². The molecule has 0 aliphatic rings. The van der Waals surface area contributed by atoms with Gasteiger partial charge in [-0.2, -0.15) is 0 Å². The average Bonchev–Trinajstić information content (AvgIpc) is 2.49. The van der Waals surface area contributed by atoms with Crippen molar-refractivity contribution in [1.82, 2.24) is 5.32 Å². The molecule has 1 heterocycles. The number of rotatable bonds is 6. The van der Waals surface area contributed by atoms with Crippen molar-refractivity contribution in [2.45, 2.75) is 26.3 Å². The third-order valence-corrected chi connectivity index (χ3v) is 3.30. The largest absolute Gasteiger partial charge is 1.00 e. The molecule has 0 fully saturated rings. The van der Waals surface area contributed by atoms with E-state index in [0.717, 1.165) is 5.56 Å². The van der Waals surface area contributed by atoms with Crippen LogP contribution in [0.3, 0.4) is 0 Å². The number of hydrogen-bond acceptors (Lipinski definition) is 1. The first-order chi connectivity index (χ1) is 10.1. The molecule has 0 atom stereocenters. The minimum Gasteiger partial charge on any atom is -1.00 e.